The van der Waals surface area contributed by atoms with Gasteiger partial charge in [0.05, 0.1) is 12.7 Å². The first-order valence-electron chi connectivity index (χ1n) is 4.96. The number of benzene rings is 1. The van der Waals surface area contributed by atoms with E-state index in [1.165, 1.54) is 12.1 Å². The summed E-state index contributed by atoms with van der Waals surface area (Å²) in [7, 11) is 0. The van der Waals surface area contributed by atoms with Gasteiger partial charge in [-0.25, -0.2) is 4.39 Å². The normalized spacial score (nSPS) is 12.5. The van der Waals surface area contributed by atoms with Crippen molar-refractivity contribution >= 4 is 5.69 Å². The Labute approximate surface area is 88.8 Å². The van der Waals surface area contributed by atoms with Gasteiger partial charge in [-0.2, -0.15) is 0 Å². The highest BCUT2D eigenvalue weighted by molar-refractivity contribution is 5.46. The number of rotatable bonds is 5. The molecule has 1 unspecified atom stereocenters. The van der Waals surface area contributed by atoms with Crippen molar-refractivity contribution < 1.29 is 14.6 Å². The van der Waals surface area contributed by atoms with Crippen LogP contribution >= 0.6 is 0 Å². The number of aliphatic hydroxyl groups is 2. The van der Waals surface area contributed by atoms with Crippen molar-refractivity contribution in [1.82, 2.24) is 0 Å². The van der Waals surface area contributed by atoms with Crippen LogP contribution in [0.5, 0.6) is 0 Å². The lowest BCUT2D eigenvalue weighted by molar-refractivity contribution is 0.100. The number of halogens is 1. The molecular formula is C11H16FNO2. The van der Waals surface area contributed by atoms with Gasteiger partial charge in [-0.3, -0.25) is 0 Å². The van der Waals surface area contributed by atoms with Crippen molar-refractivity contribution in [2.75, 3.05) is 24.6 Å². The molecule has 84 valence electrons. The molecule has 0 bridgehead atoms. The van der Waals surface area contributed by atoms with Crippen LogP contribution in [-0.4, -0.2) is 36.0 Å². The molecule has 0 fully saturated rings. The van der Waals surface area contributed by atoms with Crippen LogP contribution in [0.2, 0.25) is 0 Å². The molecule has 3 nitrogen and oxygen atoms in total. The number of aliphatic hydroxyl groups excluding tert-OH is 2. The fraction of sp³-hybridized carbons (Fsp3) is 0.455. The van der Waals surface area contributed by atoms with E-state index in [4.69, 9.17) is 5.11 Å². The summed E-state index contributed by atoms with van der Waals surface area (Å²) in [5.41, 5.74) is 0.839. The maximum absolute atomic E-state index is 12.7. The zero-order valence-electron chi connectivity index (χ0n) is 8.73. The second-order valence-corrected chi connectivity index (χ2v) is 3.35. The molecule has 0 heterocycles. The Morgan fingerprint density at radius 1 is 1.33 bits per heavy atom. The molecule has 0 radical (unpaired) electrons. The lowest BCUT2D eigenvalue weighted by Crippen LogP contribution is -2.34. The molecule has 1 aromatic carbocycles. The molecule has 0 aromatic heterocycles. The van der Waals surface area contributed by atoms with Crippen LogP contribution < -0.4 is 4.90 Å². The quantitative estimate of drug-likeness (QED) is 0.767. The van der Waals surface area contributed by atoms with Gasteiger partial charge in [0.25, 0.3) is 0 Å². The zero-order valence-corrected chi connectivity index (χ0v) is 8.73. The molecule has 0 saturated carbocycles. The fourth-order valence-corrected chi connectivity index (χ4v) is 1.38. The summed E-state index contributed by atoms with van der Waals surface area (Å²) < 4.78 is 12.7. The molecular weight excluding hydrogens is 197 g/mol. The van der Waals surface area contributed by atoms with Gasteiger partial charge >= 0.3 is 0 Å². The lowest BCUT2D eigenvalue weighted by atomic mass is 10.2. The van der Waals surface area contributed by atoms with Crippen LogP contribution in [0.25, 0.3) is 0 Å². The third kappa shape index (κ3) is 3.49. The second kappa shape index (κ2) is 5.68. The van der Waals surface area contributed by atoms with Gasteiger partial charge in [0.15, 0.2) is 0 Å². The Hall–Kier alpha value is -1.13. The smallest absolute Gasteiger partial charge is 0.123 e. The zero-order chi connectivity index (χ0) is 11.3. The summed E-state index contributed by atoms with van der Waals surface area (Å²) in [6.45, 7) is 2.71. The van der Waals surface area contributed by atoms with E-state index >= 15 is 0 Å². The topological polar surface area (TPSA) is 43.7 Å². The second-order valence-electron chi connectivity index (χ2n) is 3.35. The van der Waals surface area contributed by atoms with Gasteiger partial charge in [0.1, 0.15) is 5.82 Å². The van der Waals surface area contributed by atoms with E-state index < -0.39 is 6.10 Å². The summed E-state index contributed by atoms with van der Waals surface area (Å²) in [6, 6.07) is 6.07. The van der Waals surface area contributed by atoms with Gasteiger partial charge in [-0.15, -0.1) is 0 Å². The molecule has 4 heteroatoms. The number of hydrogen-bond donors (Lipinski definition) is 2. The van der Waals surface area contributed by atoms with E-state index in [1.54, 1.807) is 12.1 Å². The molecule has 1 atom stereocenters. The first-order chi connectivity index (χ1) is 7.17. The van der Waals surface area contributed by atoms with E-state index in [2.05, 4.69) is 0 Å². The van der Waals surface area contributed by atoms with Crippen LogP contribution in [0.1, 0.15) is 6.92 Å². The first-order valence-corrected chi connectivity index (χ1v) is 4.96. The Balaban J connectivity index is 2.69. The third-order valence-electron chi connectivity index (χ3n) is 2.22. The summed E-state index contributed by atoms with van der Waals surface area (Å²) in [6.07, 6.45) is -0.769. The van der Waals surface area contributed by atoms with E-state index in [9.17, 15) is 9.50 Å². The highest BCUT2D eigenvalue weighted by Gasteiger charge is 2.09. The number of hydrogen-bond acceptors (Lipinski definition) is 3. The highest BCUT2D eigenvalue weighted by Crippen LogP contribution is 2.14. The predicted molar refractivity (Wildman–Crippen MR) is 57.4 cm³/mol. The average molecular weight is 213 g/mol. The van der Waals surface area contributed by atoms with Crippen LogP contribution in [0, 0.1) is 5.82 Å². The monoisotopic (exact) mass is 213 g/mol. The van der Waals surface area contributed by atoms with Crippen molar-refractivity contribution in [3.8, 4) is 0 Å². The van der Waals surface area contributed by atoms with Gasteiger partial charge in [-0.1, -0.05) is 0 Å². The fourth-order valence-electron chi connectivity index (χ4n) is 1.38. The van der Waals surface area contributed by atoms with E-state index in [0.29, 0.717) is 13.1 Å². The molecule has 0 aliphatic rings. The number of nitrogens with zero attached hydrogens (tertiary/aromatic N) is 1. The third-order valence-corrected chi connectivity index (χ3v) is 2.22. The van der Waals surface area contributed by atoms with E-state index in [0.717, 1.165) is 5.69 Å². The maximum Gasteiger partial charge on any atom is 0.123 e. The van der Waals surface area contributed by atoms with E-state index in [-0.39, 0.29) is 12.4 Å². The van der Waals surface area contributed by atoms with Gasteiger partial charge in [-0.05, 0) is 31.2 Å². The molecule has 0 aliphatic heterocycles. The molecule has 1 rings (SSSR count). The largest absolute Gasteiger partial charge is 0.394 e. The molecule has 2 N–H and O–H groups in total. The van der Waals surface area contributed by atoms with Crippen LogP contribution in [0.4, 0.5) is 10.1 Å². The Kier molecular flexibility index (Phi) is 4.52. The molecule has 0 spiro atoms. The minimum Gasteiger partial charge on any atom is -0.394 e. The van der Waals surface area contributed by atoms with Crippen molar-refractivity contribution in [2.24, 2.45) is 0 Å². The van der Waals surface area contributed by atoms with Gasteiger partial charge in [0, 0.05) is 18.8 Å². The lowest BCUT2D eigenvalue weighted by Gasteiger charge is -2.25. The Morgan fingerprint density at radius 3 is 2.40 bits per heavy atom. The first kappa shape index (κ1) is 11.9. The van der Waals surface area contributed by atoms with Crippen LogP contribution in [0.15, 0.2) is 24.3 Å². The standard InChI is InChI=1S/C11H16FNO2/c1-2-13(7-11(15)8-14)10-5-3-9(12)4-6-10/h3-6,11,14-15H,2,7-8H2,1H3. The van der Waals surface area contributed by atoms with Crippen LogP contribution in [0.3, 0.4) is 0 Å². The summed E-state index contributed by atoms with van der Waals surface area (Å²) in [5, 5.41) is 18.0. The summed E-state index contributed by atoms with van der Waals surface area (Å²) in [4.78, 5) is 1.88. The maximum atomic E-state index is 12.7. The van der Waals surface area contributed by atoms with E-state index in [1.807, 2.05) is 11.8 Å². The number of likely N-dealkylation sites (N-methyl/N-ethyl adjacent to an activating group) is 1. The Bertz CT molecular complexity index is 289. The molecule has 15 heavy (non-hydrogen) atoms. The number of anilines is 1. The summed E-state index contributed by atoms with van der Waals surface area (Å²) in [5.74, 6) is -0.280. The Morgan fingerprint density at radius 2 is 1.93 bits per heavy atom. The predicted octanol–water partition coefficient (Wildman–Crippen LogP) is 1.01. The molecule has 0 saturated heterocycles. The van der Waals surface area contributed by atoms with Crippen molar-refractivity contribution in [1.29, 1.82) is 0 Å². The molecule has 0 aliphatic carbocycles. The highest BCUT2D eigenvalue weighted by atomic mass is 19.1. The van der Waals surface area contributed by atoms with Gasteiger partial charge < -0.3 is 15.1 Å². The minimum absolute atomic E-state index is 0.266. The van der Waals surface area contributed by atoms with Crippen LogP contribution in [-0.2, 0) is 0 Å². The SMILES string of the molecule is CCN(CC(O)CO)c1ccc(F)cc1. The van der Waals surface area contributed by atoms with Crippen molar-refractivity contribution in [3.05, 3.63) is 30.1 Å². The average Bonchev–Trinajstić information content (AvgIpc) is 2.27. The summed E-state index contributed by atoms with van der Waals surface area (Å²) >= 11 is 0. The van der Waals surface area contributed by atoms with Crippen molar-refractivity contribution in [2.45, 2.75) is 13.0 Å². The van der Waals surface area contributed by atoms with Crippen molar-refractivity contribution in [3.63, 3.8) is 0 Å². The molecule has 1 aromatic rings. The minimum atomic E-state index is -0.769. The van der Waals surface area contributed by atoms with Gasteiger partial charge in [0.2, 0.25) is 0 Å². The molecule has 0 amide bonds.